The van der Waals surface area contributed by atoms with E-state index in [4.69, 9.17) is 15.6 Å². The van der Waals surface area contributed by atoms with Crippen LogP contribution >= 0.6 is 0 Å². The van der Waals surface area contributed by atoms with Crippen LogP contribution in [0.5, 0.6) is 0 Å². The van der Waals surface area contributed by atoms with E-state index in [1.54, 1.807) is 0 Å². The van der Waals surface area contributed by atoms with Crippen LogP contribution in [0.3, 0.4) is 0 Å². The SMILES string of the molecule is CC1CCC(OC2CCCC(C(N)CC(=O)O)C2)CC1. The molecule has 0 amide bonds. The number of carbonyl (C=O) groups is 1. The second kappa shape index (κ2) is 7.41. The number of carboxylic acids is 1. The number of rotatable bonds is 5. The molecule has 0 heterocycles. The van der Waals surface area contributed by atoms with Crippen molar-refractivity contribution in [2.45, 2.75) is 83.0 Å². The molecule has 3 atom stereocenters. The van der Waals surface area contributed by atoms with Crippen molar-refractivity contribution >= 4 is 5.97 Å². The Morgan fingerprint density at radius 2 is 1.90 bits per heavy atom. The van der Waals surface area contributed by atoms with Crippen molar-refractivity contribution < 1.29 is 14.6 Å². The van der Waals surface area contributed by atoms with Crippen LogP contribution in [-0.2, 0) is 9.53 Å². The molecule has 0 aromatic rings. The van der Waals surface area contributed by atoms with Gasteiger partial charge in [0.05, 0.1) is 18.6 Å². The van der Waals surface area contributed by atoms with Crippen LogP contribution in [0.1, 0.15) is 64.7 Å². The van der Waals surface area contributed by atoms with Gasteiger partial charge in [0.1, 0.15) is 0 Å². The maximum Gasteiger partial charge on any atom is 0.304 e. The molecule has 0 aromatic heterocycles. The van der Waals surface area contributed by atoms with Gasteiger partial charge in [-0.3, -0.25) is 4.79 Å². The highest BCUT2D eigenvalue weighted by molar-refractivity contribution is 5.67. The summed E-state index contributed by atoms with van der Waals surface area (Å²) in [6.07, 6.45) is 9.95. The molecule has 4 nitrogen and oxygen atoms in total. The van der Waals surface area contributed by atoms with Crippen molar-refractivity contribution in [2.75, 3.05) is 0 Å². The fourth-order valence-corrected chi connectivity index (χ4v) is 3.70. The van der Waals surface area contributed by atoms with Gasteiger partial charge in [0.2, 0.25) is 0 Å². The number of hydrogen-bond acceptors (Lipinski definition) is 3. The average molecular weight is 283 g/mol. The summed E-state index contributed by atoms with van der Waals surface area (Å²) in [5, 5.41) is 8.86. The summed E-state index contributed by atoms with van der Waals surface area (Å²) in [7, 11) is 0. The minimum Gasteiger partial charge on any atom is -0.481 e. The second-order valence-electron chi connectivity index (χ2n) is 6.83. The van der Waals surface area contributed by atoms with E-state index in [0.29, 0.717) is 18.1 Å². The molecule has 3 N–H and O–H groups in total. The molecule has 2 rings (SSSR count). The third-order valence-corrected chi connectivity index (χ3v) is 5.03. The lowest BCUT2D eigenvalue weighted by molar-refractivity contribution is -0.138. The molecule has 0 aliphatic heterocycles. The largest absolute Gasteiger partial charge is 0.481 e. The summed E-state index contributed by atoms with van der Waals surface area (Å²) < 4.78 is 6.26. The van der Waals surface area contributed by atoms with E-state index in [2.05, 4.69) is 6.92 Å². The predicted molar refractivity (Wildman–Crippen MR) is 78.5 cm³/mol. The van der Waals surface area contributed by atoms with Gasteiger partial charge >= 0.3 is 5.97 Å². The number of hydrogen-bond donors (Lipinski definition) is 2. The van der Waals surface area contributed by atoms with E-state index in [-0.39, 0.29) is 12.5 Å². The molecule has 2 aliphatic rings. The van der Waals surface area contributed by atoms with Gasteiger partial charge in [0.15, 0.2) is 0 Å². The standard InChI is InChI=1S/C16H29NO3/c1-11-5-7-13(8-6-11)20-14-4-2-3-12(9-14)15(17)10-16(18)19/h11-15H,2-10,17H2,1H3,(H,18,19). The average Bonchev–Trinajstić information content (AvgIpc) is 2.41. The van der Waals surface area contributed by atoms with Crippen LogP contribution in [0.4, 0.5) is 0 Å². The summed E-state index contributed by atoms with van der Waals surface area (Å²) >= 11 is 0. The van der Waals surface area contributed by atoms with Gasteiger partial charge in [0, 0.05) is 6.04 Å². The molecule has 2 aliphatic carbocycles. The fourth-order valence-electron chi connectivity index (χ4n) is 3.70. The molecule has 2 fully saturated rings. The normalized spacial score (nSPS) is 36.5. The Bertz CT molecular complexity index is 313. The third kappa shape index (κ3) is 4.74. The molecule has 116 valence electrons. The predicted octanol–water partition coefficient (Wildman–Crippen LogP) is 2.94. The molecule has 0 bridgehead atoms. The molecule has 4 heteroatoms. The molecule has 0 radical (unpaired) electrons. The van der Waals surface area contributed by atoms with Crippen molar-refractivity contribution in [2.24, 2.45) is 17.6 Å². The van der Waals surface area contributed by atoms with Crippen molar-refractivity contribution in [1.82, 2.24) is 0 Å². The van der Waals surface area contributed by atoms with Gasteiger partial charge in [-0.1, -0.05) is 13.3 Å². The Morgan fingerprint density at radius 1 is 1.20 bits per heavy atom. The first kappa shape index (κ1) is 15.8. The summed E-state index contributed by atoms with van der Waals surface area (Å²) in [5.74, 6) is 0.368. The van der Waals surface area contributed by atoms with Crippen molar-refractivity contribution in [3.8, 4) is 0 Å². The highest BCUT2D eigenvalue weighted by Gasteiger charge is 2.30. The lowest BCUT2D eigenvalue weighted by Crippen LogP contribution is -2.38. The smallest absolute Gasteiger partial charge is 0.304 e. The van der Waals surface area contributed by atoms with Gasteiger partial charge in [-0.2, -0.15) is 0 Å². The summed E-state index contributed by atoms with van der Waals surface area (Å²) in [6.45, 7) is 2.32. The van der Waals surface area contributed by atoms with E-state index in [1.807, 2.05) is 0 Å². The van der Waals surface area contributed by atoms with E-state index < -0.39 is 5.97 Å². The highest BCUT2D eigenvalue weighted by atomic mass is 16.5. The van der Waals surface area contributed by atoms with Crippen LogP contribution in [0.2, 0.25) is 0 Å². The topological polar surface area (TPSA) is 72.5 Å². The number of ether oxygens (including phenoxy) is 1. The fraction of sp³-hybridized carbons (Fsp3) is 0.938. The highest BCUT2D eigenvalue weighted by Crippen LogP contribution is 2.33. The molecule has 3 unspecified atom stereocenters. The molecule has 2 saturated carbocycles. The number of aliphatic carboxylic acids is 1. The molecular formula is C16H29NO3. The van der Waals surface area contributed by atoms with Crippen LogP contribution in [0, 0.1) is 11.8 Å². The summed E-state index contributed by atoms with van der Waals surface area (Å²) in [5.41, 5.74) is 6.03. The van der Waals surface area contributed by atoms with Crippen molar-refractivity contribution in [3.05, 3.63) is 0 Å². The van der Waals surface area contributed by atoms with Gasteiger partial charge in [-0.25, -0.2) is 0 Å². The summed E-state index contributed by atoms with van der Waals surface area (Å²) in [6, 6.07) is -0.217. The van der Waals surface area contributed by atoms with E-state index >= 15 is 0 Å². The molecule has 0 aromatic carbocycles. The van der Waals surface area contributed by atoms with Gasteiger partial charge in [-0.05, 0) is 56.8 Å². The third-order valence-electron chi connectivity index (χ3n) is 5.03. The van der Waals surface area contributed by atoms with Gasteiger partial charge < -0.3 is 15.6 Å². The van der Waals surface area contributed by atoms with E-state index in [9.17, 15) is 4.79 Å². The Labute approximate surface area is 122 Å². The van der Waals surface area contributed by atoms with E-state index in [0.717, 1.165) is 31.6 Å². The zero-order valence-corrected chi connectivity index (χ0v) is 12.6. The lowest BCUT2D eigenvalue weighted by atomic mass is 9.81. The minimum absolute atomic E-state index is 0.0817. The number of carboxylic acid groups (broad SMARTS) is 1. The Kier molecular flexibility index (Phi) is 5.85. The van der Waals surface area contributed by atoms with Crippen LogP contribution in [0.15, 0.2) is 0 Å². The first-order valence-electron chi connectivity index (χ1n) is 8.17. The van der Waals surface area contributed by atoms with Crippen molar-refractivity contribution in [1.29, 1.82) is 0 Å². The van der Waals surface area contributed by atoms with E-state index in [1.165, 1.54) is 25.7 Å². The Hall–Kier alpha value is -0.610. The van der Waals surface area contributed by atoms with Crippen LogP contribution in [-0.4, -0.2) is 29.3 Å². The van der Waals surface area contributed by atoms with Crippen molar-refractivity contribution in [3.63, 3.8) is 0 Å². The first-order chi connectivity index (χ1) is 9.54. The monoisotopic (exact) mass is 283 g/mol. The molecular weight excluding hydrogens is 254 g/mol. The van der Waals surface area contributed by atoms with Gasteiger partial charge in [-0.15, -0.1) is 0 Å². The quantitative estimate of drug-likeness (QED) is 0.813. The maximum atomic E-state index is 10.8. The Morgan fingerprint density at radius 3 is 2.55 bits per heavy atom. The molecule has 20 heavy (non-hydrogen) atoms. The van der Waals surface area contributed by atoms with Crippen LogP contribution < -0.4 is 5.73 Å². The molecule has 0 spiro atoms. The second-order valence-corrected chi connectivity index (χ2v) is 6.83. The first-order valence-corrected chi connectivity index (χ1v) is 8.17. The maximum absolute atomic E-state index is 10.8. The zero-order valence-electron chi connectivity index (χ0n) is 12.6. The van der Waals surface area contributed by atoms with Crippen LogP contribution in [0.25, 0.3) is 0 Å². The van der Waals surface area contributed by atoms with Gasteiger partial charge in [0.25, 0.3) is 0 Å². The minimum atomic E-state index is -0.790. The number of nitrogens with two attached hydrogens (primary N) is 1. The lowest BCUT2D eigenvalue weighted by Gasteiger charge is -2.36. The summed E-state index contributed by atoms with van der Waals surface area (Å²) in [4.78, 5) is 10.8. The Balaban J connectivity index is 1.76. The molecule has 0 saturated heterocycles. The zero-order chi connectivity index (χ0) is 14.5.